The molecule has 4 nitrogen and oxygen atoms in total. The fraction of sp³-hybridized carbons (Fsp3) is 0.500. The third kappa shape index (κ3) is 2.44. The summed E-state index contributed by atoms with van der Waals surface area (Å²) < 4.78 is -3.16. The molecule has 70 valence electrons. The molecule has 0 aliphatic carbocycles. The molecule has 0 aromatic rings. The number of carboxylic acids is 2. The molecule has 0 saturated heterocycles. The minimum atomic E-state index is -1.67. The van der Waals surface area contributed by atoms with Crippen LogP contribution in [0.5, 0.6) is 0 Å². The minimum absolute atomic E-state index is 1.22. The van der Waals surface area contributed by atoms with Crippen LogP contribution in [0, 0.1) is 0 Å². The van der Waals surface area contributed by atoms with Crippen LogP contribution < -0.4 is 0 Å². The van der Waals surface area contributed by atoms with E-state index in [-0.39, 0.29) is 0 Å². The van der Waals surface area contributed by atoms with Gasteiger partial charge in [0.15, 0.2) is 0 Å². The predicted molar refractivity (Wildman–Crippen MR) is 66.6 cm³/mol. The standard InChI is InChI=1S/C4H2Br2I2O4/c5-3(6,1(9)10)4(7,8)2(11)12/h(H,9,10)(H,11,12). The number of carboxylic acid groups (broad SMARTS) is 2. The third-order valence-electron chi connectivity index (χ3n) is 0.932. The first-order chi connectivity index (χ1) is 5.14. The fourth-order valence-corrected chi connectivity index (χ4v) is 1.07. The summed E-state index contributed by atoms with van der Waals surface area (Å²) >= 11 is 8.65. The van der Waals surface area contributed by atoms with Gasteiger partial charge in [-0.1, -0.05) is 77.0 Å². The molecule has 0 aliphatic heterocycles. The lowest BCUT2D eigenvalue weighted by atomic mass is 10.3. The Labute approximate surface area is 112 Å². The van der Waals surface area contributed by atoms with Crippen molar-refractivity contribution in [1.82, 2.24) is 0 Å². The van der Waals surface area contributed by atoms with Crippen LogP contribution in [0.3, 0.4) is 0 Å². The molecule has 0 aromatic heterocycles. The van der Waals surface area contributed by atoms with Gasteiger partial charge in [-0.15, -0.1) is 0 Å². The topological polar surface area (TPSA) is 74.6 Å². The zero-order valence-corrected chi connectivity index (χ0v) is 12.7. The average molecular weight is 528 g/mol. The molecular weight excluding hydrogens is 526 g/mol. The minimum Gasteiger partial charge on any atom is -0.480 e. The summed E-state index contributed by atoms with van der Waals surface area (Å²) in [5.41, 5.74) is 0. The van der Waals surface area contributed by atoms with Gasteiger partial charge in [0.1, 0.15) is 0 Å². The lowest BCUT2D eigenvalue weighted by molar-refractivity contribution is -0.142. The van der Waals surface area contributed by atoms with E-state index in [9.17, 15) is 9.59 Å². The smallest absolute Gasteiger partial charge is 0.334 e. The molecule has 0 aromatic carbocycles. The molecule has 0 radical (unpaired) electrons. The van der Waals surface area contributed by atoms with E-state index in [2.05, 4.69) is 31.9 Å². The van der Waals surface area contributed by atoms with Crippen molar-refractivity contribution in [3.63, 3.8) is 0 Å². The quantitative estimate of drug-likeness (QED) is 0.436. The average Bonchev–Trinajstić information content (AvgIpc) is 1.86. The van der Waals surface area contributed by atoms with Crippen molar-refractivity contribution in [2.45, 2.75) is 4.66 Å². The van der Waals surface area contributed by atoms with Crippen LogP contribution in [0.1, 0.15) is 0 Å². The van der Waals surface area contributed by atoms with Crippen LogP contribution in [-0.2, 0) is 9.59 Å². The van der Waals surface area contributed by atoms with Gasteiger partial charge in [-0.3, -0.25) is 0 Å². The Kier molecular flexibility index (Phi) is 4.74. The molecule has 0 atom stereocenters. The number of halogens is 4. The van der Waals surface area contributed by atoms with Crippen molar-refractivity contribution in [3.05, 3.63) is 0 Å². The first kappa shape index (κ1) is 13.4. The van der Waals surface area contributed by atoms with E-state index in [4.69, 9.17) is 10.2 Å². The normalized spacial score (nSPS) is 12.7. The lowest BCUT2D eigenvalue weighted by Gasteiger charge is -2.26. The van der Waals surface area contributed by atoms with Gasteiger partial charge >= 0.3 is 11.9 Å². The van der Waals surface area contributed by atoms with E-state index >= 15 is 0 Å². The van der Waals surface area contributed by atoms with Crippen LogP contribution >= 0.6 is 77.0 Å². The van der Waals surface area contributed by atoms with Crippen molar-refractivity contribution in [1.29, 1.82) is 0 Å². The van der Waals surface area contributed by atoms with Crippen molar-refractivity contribution in [2.24, 2.45) is 0 Å². The fourth-order valence-electron chi connectivity index (χ4n) is 0.269. The molecule has 0 amide bonds. The van der Waals surface area contributed by atoms with E-state index in [1.165, 1.54) is 45.2 Å². The molecule has 0 saturated carbocycles. The van der Waals surface area contributed by atoms with E-state index in [0.717, 1.165) is 0 Å². The van der Waals surface area contributed by atoms with Gasteiger partial charge in [0.25, 0.3) is 0 Å². The number of carbonyl (C=O) groups is 2. The second-order valence-corrected chi connectivity index (χ2v) is 10.5. The molecule has 12 heavy (non-hydrogen) atoms. The summed E-state index contributed by atoms with van der Waals surface area (Å²) in [5, 5.41) is 17.3. The van der Waals surface area contributed by atoms with Gasteiger partial charge in [0.2, 0.25) is 4.66 Å². The summed E-state index contributed by atoms with van der Waals surface area (Å²) in [6, 6.07) is 0. The maximum atomic E-state index is 10.6. The summed E-state index contributed by atoms with van der Waals surface area (Å²) in [7, 11) is 0. The molecule has 0 heterocycles. The first-order valence-corrected chi connectivity index (χ1v) is 6.10. The van der Waals surface area contributed by atoms with Crippen LogP contribution in [0.4, 0.5) is 0 Å². The molecule has 0 rings (SSSR count). The molecule has 0 fully saturated rings. The van der Waals surface area contributed by atoms with Gasteiger partial charge in [-0.2, -0.15) is 0 Å². The van der Waals surface area contributed by atoms with E-state index in [0.29, 0.717) is 0 Å². The third-order valence-corrected chi connectivity index (χ3v) is 8.31. The highest BCUT2D eigenvalue weighted by Crippen LogP contribution is 2.49. The number of hydrogen-bond acceptors (Lipinski definition) is 2. The zero-order chi connectivity index (χ0) is 10.2. The van der Waals surface area contributed by atoms with E-state index < -0.39 is 16.6 Å². The second-order valence-electron chi connectivity index (χ2n) is 1.76. The van der Waals surface area contributed by atoms with Crippen molar-refractivity contribution < 1.29 is 19.8 Å². The Bertz CT molecular complexity index is 203. The summed E-state index contributed by atoms with van der Waals surface area (Å²) in [5.74, 6) is -2.51. The Hall–Kier alpha value is 1.36. The number of hydrogen-bond donors (Lipinski definition) is 2. The summed E-state index contributed by atoms with van der Waals surface area (Å²) in [4.78, 5) is 21.2. The highest BCUT2D eigenvalue weighted by molar-refractivity contribution is 14.2. The predicted octanol–water partition coefficient (Wildman–Crippen LogP) is 2.21. The zero-order valence-electron chi connectivity index (χ0n) is 5.22. The van der Waals surface area contributed by atoms with Crippen molar-refractivity contribution in [3.8, 4) is 0 Å². The van der Waals surface area contributed by atoms with Crippen LogP contribution in [0.2, 0.25) is 0 Å². The van der Waals surface area contributed by atoms with Gasteiger partial charge in [-0.05, 0) is 0 Å². The Morgan fingerprint density at radius 1 is 1.08 bits per heavy atom. The van der Waals surface area contributed by atoms with E-state index in [1.807, 2.05) is 0 Å². The van der Waals surface area contributed by atoms with Crippen molar-refractivity contribution in [2.75, 3.05) is 0 Å². The largest absolute Gasteiger partial charge is 0.480 e. The highest BCUT2D eigenvalue weighted by atomic mass is 127. The molecule has 0 spiro atoms. The summed E-state index contributed by atoms with van der Waals surface area (Å²) in [6.45, 7) is 0. The number of alkyl halides is 4. The van der Waals surface area contributed by atoms with Crippen LogP contribution in [-0.4, -0.2) is 26.8 Å². The maximum absolute atomic E-state index is 10.6. The first-order valence-electron chi connectivity index (χ1n) is 2.36. The van der Waals surface area contributed by atoms with Crippen LogP contribution in [0.15, 0.2) is 0 Å². The molecular formula is C4H2Br2I2O4. The molecule has 0 unspecified atom stereocenters. The van der Waals surface area contributed by atoms with Gasteiger partial charge < -0.3 is 10.2 Å². The Morgan fingerprint density at radius 2 is 1.42 bits per heavy atom. The molecule has 2 N–H and O–H groups in total. The van der Waals surface area contributed by atoms with E-state index in [1.54, 1.807) is 0 Å². The number of aliphatic carboxylic acids is 2. The Balaban J connectivity index is 5.01. The lowest BCUT2D eigenvalue weighted by Crippen LogP contribution is -2.47. The molecule has 0 bridgehead atoms. The molecule has 8 heteroatoms. The van der Waals surface area contributed by atoms with Gasteiger partial charge in [0, 0.05) is 0 Å². The number of rotatable bonds is 3. The van der Waals surface area contributed by atoms with Crippen LogP contribution in [0.25, 0.3) is 0 Å². The maximum Gasteiger partial charge on any atom is 0.334 e. The monoisotopic (exact) mass is 526 g/mol. The second kappa shape index (κ2) is 4.26. The molecule has 0 aliphatic rings. The van der Waals surface area contributed by atoms with Crippen molar-refractivity contribution >= 4 is 89.0 Å². The highest BCUT2D eigenvalue weighted by Gasteiger charge is 2.56. The summed E-state index contributed by atoms with van der Waals surface area (Å²) in [6.07, 6.45) is 0. The van der Waals surface area contributed by atoms with Gasteiger partial charge in [-0.25, -0.2) is 9.59 Å². The van der Waals surface area contributed by atoms with Gasteiger partial charge in [0.05, 0.1) is 0 Å². The Morgan fingerprint density at radius 3 is 1.50 bits per heavy atom. The SMILES string of the molecule is O=C(O)C(Br)(Br)C(I)(I)C(=O)O.